The molecule has 0 atom stereocenters. The summed E-state index contributed by atoms with van der Waals surface area (Å²) in [6, 6.07) is 13.6. The minimum atomic E-state index is -0.222. The van der Waals surface area contributed by atoms with Crippen molar-refractivity contribution >= 4 is 11.9 Å². The van der Waals surface area contributed by atoms with Crippen LogP contribution in [0.4, 0.5) is 5.95 Å². The lowest BCUT2D eigenvalue weighted by molar-refractivity contribution is 0.0945. The van der Waals surface area contributed by atoms with Crippen molar-refractivity contribution < 1.29 is 4.79 Å². The fourth-order valence-electron chi connectivity index (χ4n) is 2.43. The summed E-state index contributed by atoms with van der Waals surface area (Å²) in [5.41, 5.74) is 4.33. The highest BCUT2D eigenvalue weighted by Gasteiger charge is 2.10. The first kappa shape index (κ1) is 17.5. The number of nitrogens with zero attached hydrogens (tertiary/aromatic N) is 3. The van der Waals surface area contributed by atoms with Gasteiger partial charge in [-0.2, -0.15) is 0 Å². The van der Waals surface area contributed by atoms with Gasteiger partial charge in [-0.1, -0.05) is 35.9 Å². The second-order valence-electron chi connectivity index (χ2n) is 6.10. The maximum Gasteiger partial charge on any atom is 0.270 e. The van der Waals surface area contributed by atoms with Gasteiger partial charge in [0.1, 0.15) is 5.69 Å². The smallest absolute Gasteiger partial charge is 0.270 e. The third kappa shape index (κ3) is 4.86. The van der Waals surface area contributed by atoms with Gasteiger partial charge in [0.2, 0.25) is 5.95 Å². The third-order valence-electron chi connectivity index (χ3n) is 3.83. The highest BCUT2D eigenvalue weighted by molar-refractivity contribution is 5.92. The molecule has 0 radical (unpaired) electrons. The molecular weight excluding hydrogens is 326 g/mol. The van der Waals surface area contributed by atoms with Gasteiger partial charge in [-0.15, -0.1) is 0 Å². The van der Waals surface area contributed by atoms with Gasteiger partial charge in [-0.05, 0) is 37.1 Å². The van der Waals surface area contributed by atoms with Crippen LogP contribution in [0.15, 0.2) is 54.9 Å². The van der Waals surface area contributed by atoms with Gasteiger partial charge < -0.3 is 10.6 Å². The predicted molar refractivity (Wildman–Crippen MR) is 101 cm³/mol. The average Bonchev–Trinajstić information content (AvgIpc) is 2.66. The zero-order valence-electron chi connectivity index (χ0n) is 14.9. The SMILES string of the molecule is Cc1ccc(CNC(=O)c2cc(C)nc(NCc3cccnc3)n2)cc1. The second-order valence-corrected chi connectivity index (χ2v) is 6.10. The first-order valence-electron chi connectivity index (χ1n) is 8.42. The minimum Gasteiger partial charge on any atom is -0.350 e. The van der Waals surface area contributed by atoms with E-state index >= 15 is 0 Å². The van der Waals surface area contributed by atoms with Crippen LogP contribution in [0.2, 0.25) is 0 Å². The van der Waals surface area contributed by atoms with Crippen LogP contribution in [0.25, 0.3) is 0 Å². The Bertz CT molecular complexity index is 878. The van der Waals surface area contributed by atoms with E-state index in [1.54, 1.807) is 18.5 Å². The van der Waals surface area contributed by atoms with Gasteiger partial charge in [-0.25, -0.2) is 9.97 Å². The molecule has 1 aromatic carbocycles. The van der Waals surface area contributed by atoms with E-state index < -0.39 is 0 Å². The Balaban J connectivity index is 1.64. The molecule has 2 heterocycles. The molecule has 3 rings (SSSR count). The molecule has 2 aromatic heterocycles. The van der Waals surface area contributed by atoms with Gasteiger partial charge >= 0.3 is 0 Å². The van der Waals surface area contributed by atoms with Gasteiger partial charge in [0.25, 0.3) is 5.91 Å². The highest BCUT2D eigenvalue weighted by Crippen LogP contribution is 2.08. The molecule has 6 heteroatoms. The molecule has 1 amide bonds. The van der Waals surface area contributed by atoms with Crippen LogP contribution in [0, 0.1) is 13.8 Å². The molecule has 6 nitrogen and oxygen atoms in total. The van der Waals surface area contributed by atoms with E-state index in [2.05, 4.69) is 25.6 Å². The van der Waals surface area contributed by atoms with Crippen molar-refractivity contribution in [2.75, 3.05) is 5.32 Å². The third-order valence-corrected chi connectivity index (χ3v) is 3.83. The zero-order chi connectivity index (χ0) is 18.4. The average molecular weight is 347 g/mol. The van der Waals surface area contributed by atoms with Crippen molar-refractivity contribution in [3.05, 3.63) is 82.9 Å². The minimum absolute atomic E-state index is 0.222. The summed E-state index contributed by atoms with van der Waals surface area (Å²) in [6.07, 6.45) is 3.50. The zero-order valence-corrected chi connectivity index (χ0v) is 14.9. The summed E-state index contributed by atoms with van der Waals surface area (Å²) < 4.78 is 0. The van der Waals surface area contributed by atoms with Gasteiger partial charge in [0.05, 0.1) is 0 Å². The first-order chi connectivity index (χ1) is 12.6. The van der Waals surface area contributed by atoms with E-state index in [9.17, 15) is 4.79 Å². The summed E-state index contributed by atoms with van der Waals surface area (Å²) >= 11 is 0. The Morgan fingerprint density at radius 1 is 1.00 bits per heavy atom. The van der Waals surface area contributed by atoms with Crippen LogP contribution in [0.1, 0.15) is 32.9 Å². The van der Waals surface area contributed by atoms with Crippen LogP contribution in [0.5, 0.6) is 0 Å². The van der Waals surface area contributed by atoms with Crippen LogP contribution in [-0.2, 0) is 13.1 Å². The summed E-state index contributed by atoms with van der Waals surface area (Å²) in [5.74, 6) is 0.204. The number of pyridine rings is 1. The number of rotatable bonds is 6. The molecule has 0 aliphatic rings. The number of hydrogen-bond acceptors (Lipinski definition) is 5. The summed E-state index contributed by atoms with van der Waals surface area (Å²) in [7, 11) is 0. The van der Waals surface area contributed by atoms with Crippen molar-refractivity contribution in [2.45, 2.75) is 26.9 Å². The molecule has 132 valence electrons. The quantitative estimate of drug-likeness (QED) is 0.716. The normalized spacial score (nSPS) is 10.4. The molecule has 0 spiro atoms. The number of amides is 1. The monoisotopic (exact) mass is 347 g/mol. The number of anilines is 1. The summed E-state index contributed by atoms with van der Waals surface area (Å²) in [6.45, 7) is 4.88. The number of nitrogens with one attached hydrogen (secondary N) is 2. The van der Waals surface area contributed by atoms with Gasteiger partial charge in [-0.3, -0.25) is 9.78 Å². The Hall–Kier alpha value is -3.28. The van der Waals surface area contributed by atoms with E-state index in [0.717, 1.165) is 16.8 Å². The van der Waals surface area contributed by atoms with Crippen LogP contribution in [0.3, 0.4) is 0 Å². The number of aryl methyl sites for hydroxylation is 2. The van der Waals surface area contributed by atoms with E-state index in [1.807, 2.05) is 50.2 Å². The van der Waals surface area contributed by atoms with Crippen LogP contribution >= 0.6 is 0 Å². The molecule has 0 bridgehead atoms. The fraction of sp³-hybridized carbons (Fsp3) is 0.200. The van der Waals surface area contributed by atoms with E-state index in [0.29, 0.717) is 24.7 Å². The van der Waals surface area contributed by atoms with Gasteiger partial charge in [0, 0.05) is 31.2 Å². The van der Waals surface area contributed by atoms with Gasteiger partial charge in [0.15, 0.2) is 0 Å². The number of carbonyl (C=O) groups excluding carboxylic acids is 1. The fourth-order valence-corrected chi connectivity index (χ4v) is 2.43. The van der Waals surface area contributed by atoms with Crippen LogP contribution in [-0.4, -0.2) is 20.9 Å². The molecule has 0 aliphatic carbocycles. The van der Waals surface area contributed by atoms with Crippen LogP contribution < -0.4 is 10.6 Å². The maximum atomic E-state index is 12.4. The van der Waals surface area contributed by atoms with Crippen molar-refractivity contribution in [1.29, 1.82) is 0 Å². The standard InChI is InChI=1S/C20H21N5O/c1-14-5-7-16(8-6-14)12-22-19(26)18-10-15(2)24-20(25-18)23-13-17-4-3-9-21-11-17/h3-11H,12-13H2,1-2H3,(H,22,26)(H,23,24,25). The van der Waals surface area contributed by atoms with Crippen molar-refractivity contribution in [1.82, 2.24) is 20.3 Å². The summed E-state index contributed by atoms with van der Waals surface area (Å²) in [4.78, 5) is 25.2. The Labute approximate surface area is 152 Å². The molecule has 2 N–H and O–H groups in total. The van der Waals surface area contributed by atoms with Crippen molar-refractivity contribution in [2.24, 2.45) is 0 Å². The molecule has 0 aliphatic heterocycles. The highest BCUT2D eigenvalue weighted by atomic mass is 16.1. The first-order valence-corrected chi connectivity index (χ1v) is 8.42. The lowest BCUT2D eigenvalue weighted by Crippen LogP contribution is -2.24. The lowest BCUT2D eigenvalue weighted by Gasteiger charge is -2.09. The number of benzene rings is 1. The van der Waals surface area contributed by atoms with E-state index in [-0.39, 0.29) is 5.91 Å². The van der Waals surface area contributed by atoms with Crippen molar-refractivity contribution in [3.8, 4) is 0 Å². The number of hydrogen-bond donors (Lipinski definition) is 2. The molecule has 0 unspecified atom stereocenters. The second kappa shape index (κ2) is 8.20. The Morgan fingerprint density at radius 3 is 2.54 bits per heavy atom. The molecule has 3 aromatic rings. The molecular formula is C20H21N5O. The Kier molecular flexibility index (Phi) is 5.53. The number of aromatic nitrogens is 3. The maximum absolute atomic E-state index is 12.4. The molecule has 0 saturated heterocycles. The van der Waals surface area contributed by atoms with E-state index in [1.165, 1.54) is 5.56 Å². The van der Waals surface area contributed by atoms with E-state index in [4.69, 9.17) is 0 Å². The number of carbonyl (C=O) groups is 1. The molecule has 0 fully saturated rings. The Morgan fingerprint density at radius 2 is 1.81 bits per heavy atom. The molecule has 0 saturated carbocycles. The topological polar surface area (TPSA) is 79.8 Å². The summed E-state index contributed by atoms with van der Waals surface area (Å²) in [5, 5.41) is 6.03. The largest absolute Gasteiger partial charge is 0.350 e. The molecule has 26 heavy (non-hydrogen) atoms. The lowest BCUT2D eigenvalue weighted by atomic mass is 10.1. The predicted octanol–water partition coefficient (Wildman–Crippen LogP) is 3.03. The van der Waals surface area contributed by atoms with Crippen molar-refractivity contribution in [3.63, 3.8) is 0 Å².